The number of carbonyl (C=O) groups excluding carboxylic acids is 3. The predicted molar refractivity (Wildman–Crippen MR) is 93.3 cm³/mol. The van der Waals surface area contributed by atoms with Crippen molar-refractivity contribution in [3.63, 3.8) is 0 Å². The molecular weight excluding hydrogens is 394 g/mol. The van der Waals surface area contributed by atoms with Crippen LogP contribution in [0.2, 0.25) is 0 Å². The first-order valence-corrected chi connectivity index (χ1v) is 9.98. The van der Waals surface area contributed by atoms with Crippen LogP contribution in [0.3, 0.4) is 0 Å². The number of hydrogen-bond donors (Lipinski definition) is 2. The molecule has 1 saturated heterocycles. The molecule has 0 saturated carbocycles. The van der Waals surface area contributed by atoms with Gasteiger partial charge in [0.1, 0.15) is 6.54 Å². The zero-order valence-electron chi connectivity index (χ0n) is 14.8. The Labute approximate surface area is 161 Å². The zero-order valence-corrected chi connectivity index (χ0v) is 15.6. The number of urea groups is 1. The van der Waals surface area contributed by atoms with Gasteiger partial charge in [-0.25, -0.2) is 13.2 Å². The van der Waals surface area contributed by atoms with Gasteiger partial charge in [0.05, 0.1) is 18.1 Å². The number of nitrogens with one attached hydrogen (secondary N) is 2. The van der Waals surface area contributed by atoms with Crippen LogP contribution in [0.25, 0.3) is 0 Å². The van der Waals surface area contributed by atoms with E-state index in [2.05, 4.69) is 10.0 Å². The summed E-state index contributed by atoms with van der Waals surface area (Å²) in [7, 11) is -4.01. The van der Waals surface area contributed by atoms with Crippen molar-refractivity contribution in [2.75, 3.05) is 39.5 Å². The second kappa shape index (κ2) is 8.44. The molecule has 0 unspecified atom stereocenters. The summed E-state index contributed by atoms with van der Waals surface area (Å²) in [6.45, 7) is 0.0639. The average molecular weight is 413 g/mol. The first-order valence-electron chi connectivity index (χ1n) is 8.50. The molecule has 3 amide bonds. The number of carbonyl (C=O) groups is 3. The van der Waals surface area contributed by atoms with Crippen LogP contribution in [0, 0.1) is 0 Å². The van der Waals surface area contributed by atoms with E-state index in [1.165, 1.54) is 18.2 Å². The summed E-state index contributed by atoms with van der Waals surface area (Å²) in [4.78, 5) is 35.7. The standard InChI is InChI=1S/C16H19N3O8S/c20-14(19-5-4-17-16(19)22)10-27-15(21)9-18-28(23,24)11-2-3-12-13(8-11)26-7-1-6-25-12/h2-3,8,18H,1,4-7,9-10H2,(H,17,22). The van der Waals surface area contributed by atoms with Crippen LogP contribution in [0.4, 0.5) is 4.79 Å². The van der Waals surface area contributed by atoms with Crippen molar-refractivity contribution in [1.82, 2.24) is 14.9 Å². The van der Waals surface area contributed by atoms with E-state index in [-0.39, 0.29) is 11.4 Å². The Hall–Kier alpha value is -2.86. The van der Waals surface area contributed by atoms with Crippen LogP contribution in [-0.2, 0) is 24.3 Å². The van der Waals surface area contributed by atoms with Gasteiger partial charge in [-0.3, -0.25) is 14.5 Å². The van der Waals surface area contributed by atoms with Crippen LogP contribution >= 0.6 is 0 Å². The van der Waals surface area contributed by atoms with Gasteiger partial charge >= 0.3 is 12.0 Å². The molecule has 0 aliphatic carbocycles. The summed E-state index contributed by atoms with van der Waals surface area (Å²) in [5.41, 5.74) is 0. The van der Waals surface area contributed by atoms with E-state index in [0.29, 0.717) is 37.7 Å². The molecule has 152 valence electrons. The second-order valence-corrected chi connectivity index (χ2v) is 7.69. The minimum absolute atomic E-state index is 0.102. The number of fused-ring (bicyclic) bond motifs is 1. The van der Waals surface area contributed by atoms with Crippen molar-refractivity contribution in [2.24, 2.45) is 0 Å². The smallest absolute Gasteiger partial charge is 0.324 e. The minimum Gasteiger partial charge on any atom is -0.490 e. The molecule has 2 aliphatic rings. The van der Waals surface area contributed by atoms with Crippen LogP contribution in [0.5, 0.6) is 11.5 Å². The molecule has 0 atom stereocenters. The Bertz CT molecular complexity index is 886. The average Bonchev–Trinajstić information content (AvgIpc) is 2.97. The fourth-order valence-corrected chi connectivity index (χ4v) is 3.51. The van der Waals surface area contributed by atoms with Gasteiger partial charge in [0.2, 0.25) is 10.0 Å². The lowest BCUT2D eigenvalue weighted by Crippen LogP contribution is -2.38. The molecule has 1 aromatic carbocycles. The SMILES string of the molecule is O=C(CNS(=O)(=O)c1ccc2c(c1)OCCCO2)OCC(=O)N1CCNC1=O. The fraction of sp³-hybridized carbons (Fsp3) is 0.438. The third kappa shape index (κ3) is 4.70. The lowest BCUT2D eigenvalue weighted by Gasteiger charge is -2.13. The summed E-state index contributed by atoms with van der Waals surface area (Å²) in [6.07, 6.45) is 0.679. The minimum atomic E-state index is -4.01. The molecule has 11 nitrogen and oxygen atoms in total. The van der Waals surface area contributed by atoms with Crippen molar-refractivity contribution < 1.29 is 37.0 Å². The topological polar surface area (TPSA) is 140 Å². The van der Waals surface area contributed by atoms with E-state index in [0.717, 1.165) is 4.90 Å². The predicted octanol–water partition coefficient (Wildman–Crippen LogP) is -0.779. The van der Waals surface area contributed by atoms with Crippen LogP contribution in [0.1, 0.15) is 6.42 Å². The van der Waals surface area contributed by atoms with Crippen molar-refractivity contribution in [3.8, 4) is 11.5 Å². The van der Waals surface area contributed by atoms with E-state index in [4.69, 9.17) is 14.2 Å². The highest BCUT2D eigenvalue weighted by Gasteiger charge is 2.27. The van der Waals surface area contributed by atoms with E-state index in [1.807, 2.05) is 0 Å². The Morgan fingerprint density at radius 2 is 1.96 bits per heavy atom. The molecule has 0 spiro atoms. The van der Waals surface area contributed by atoms with Crippen molar-refractivity contribution in [1.29, 1.82) is 0 Å². The second-order valence-electron chi connectivity index (χ2n) is 5.92. The number of nitrogens with zero attached hydrogens (tertiary/aromatic N) is 1. The maximum atomic E-state index is 12.4. The maximum Gasteiger partial charge on any atom is 0.324 e. The highest BCUT2D eigenvalue weighted by atomic mass is 32.2. The van der Waals surface area contributed by atoms with Crippen molar-refractivity contribution >= 4 is 27.9 Å². The van der Waals surface area contributed by atoms with Crippen LogP contribution < -0.4 is 19.5 Å². The van der Waals surface area contributed by atoms with Gasteiger partial charge in [0.25, 0.3) is 5.91 Å². The van der Waals surface area contributed by atoms with Gasteiger partial charge in [-0.1, -0.05) is 0 Å². The molecule has 0 radical (unpaired) electrons. The number of rotatable bonds is 6. The quantitative estimate of drug-likeness (QED) is 0.579. The van der Waals surface area contributed by atoms with Gasteiger partial charge in [-0.15, -0.1) is 0 Å². The summed E-state index contributed by atoms with van der Waals surface area (Å²) < 4.78 is 42.4. The molecule has 2 aliphatic heterocycles. The molecule has 12 heteroatoms. The Balaban J connectivity index is 1.53. The number of esters is 1. The van der Waals surface area contributed by atoms with E-state index < -0.39 is 41.1 Å². The highest BCUT2D eigenvalue weighted by Crippen LogP contribution is 2.31. The van der Waals surface area contributed by atoms with E-state index >= 15 is 0 Å². The lowest BCUT2D eigenvalue weighted by molar-refractivity contribution is -0.149. The monoisotopic (exact) mass is 413 g/mol. The van der Waals surface area contributed by atoms with Crippen molar-refractivity contribution in [2.45, 2.75) is 11.3 Å². The number of ether oxygens (including phenoxy) is 3. The molecule has 3 rings (SSSR count). The number of amides is 3. The summed E-state index contributed by atoms with van der Waals surface area (Å²) in [5, 5.41) is 2.44. The van der Waals surface area contributed by atoms with Gasteiger partial charge in [0, 0.05) is 25.6 Å². The van der Waals surface area contributed by atoms with E-state index in [1.54, 1.807) is 0 Å². The first-order chi connectivity index (χ1) is 13.4. The van der Waals surface area contributed by atoms with Crippen LogP contribution in [-0.4, -0.2) is 70.7 Å². The third-order valence-corrected chi connectivity index (χ3v) is 5.35. The molecule has 2 heterocycles. The first kappa shape index (κ1) is 19.9. The highest BCUT2D eigenvalue weighted by molar-refractivity contribution is 7.89. The molecule has 1 aromatic rings. The van der Waals surface area contributed by atoms with E-state index in [9.17, 15) is 22.8 Å². The Kier molecular flexibility index (Phi) is 5.99. The molecule has 0 aromatic heterocycles. The Morgan fingerprint density at radius 3 is 2.68 bits per heavy atom. The third-order valence-electron chi connectivity index (χ3n) is 3.95. The van der Waals surface area contributed by atoms with Gasteiger partial charge < -0.3 is 19.5 Å². The number of benzene rings is 1. The molecule has 1 fully saturated rings. The van der Waals surface area contributed by atoms with Gasteiger partial charge in [0.15, 0.2) is 18.1 Å². The number of sulfonamides is 1. The van der Waals surface area contributed by atoms with Gasteiger partial charge in [-0.2, -0.15) is 4.72 Å². The fourth-order valence-electron chi connectivity index (χ4n) is 2.53. The maximum absolute atomic E-state index is 12.4. The molecular formula is C16H19N3O8S. The summed E-state index contributed by atoms with van der Waals surface area (Å²) in [5.74, 6) is -0.891. The number of hydrogen-bond acceptors (Lipinski definition) is 8. The van der Waals surface area contributed by atoms with Crippen molar-refractivity contribution in [3.05, 3.63) is 18.2 Å². The normalized spacial score (nSPS) is 16.3. The largest absolute Gasteiger partial charge is 0.490 e. The Morgan fingerprint density at radius 1 is 1.21 bits per heavy atom. The lowest BCUT2D eigenvalue weighted by atomic mass is 10.3. The zero-order chi connectivity index (χ0) is 20.1. The molecule has 2 N–H and O–H groups in total. The van der Waals surface area contributed by atoms with Crippen LogP contribution in [0.15, 0.2) is 23.1 Å². The summed E-state index contributed by atoms with van der Waals surface area (Å²) in [6, 6.07) is 3.56. The number of imide groups is 1. The molecule has 28 heavy (non-hydrogen) atoms. The van der Waals surface area contributed by atoms with Gasteiger partial charge in [-0.05, 0) is 12.1 Å². The molecule has 0 bridgehead atoms. The summed E-state index contributed by atoms with van der Waals surface area (Å²) >= 11 is 0.